The van der Waals surface area contributed by atoms with Crippen LogP contribution in [0.5, 0.6) is 0 Å². The molecule has 0 radical (unpaired) electrons. The quantitative estimate of drug-likeness (QED) is 0.556. The maximum Gasteiger partial charge on any atom is 0.288 e. The van der Waals surface area contributed by atoms with Gasteiger partial charge in [-0.1, -0.05) is 36.4 Å². The second kappa shape index (κ2) is 8.84. The lowest BCUT2D eigenvalue weighted by Crippen LogP contribution is -2.46. The average molecular weight is 324 g/mol. The number of aromatic nitrogens is 1. The lowest BCUT2D eigenvalue weighted by atomic mass is 10.2. The number of nitrogens with zero attached hydrogens (tertiary/aromatic N) is 1. The molecule has 7 nitrogen and oxygen atoms in total. The van der Waals surface area contributed by atoms with Crippen molar-refractivity contribution in [2.45, 2.75) is 0 Å². The Hall–Kier alpha value is -3.48. The highest BCUT2D eigenvalue weighted by Gasteiger charge is 2.08. The first-order valence-electron chi connectivity index (χ1n) is 7.16. The lowest BCUT2D eigenvalue weighted by molar-refractivity contribution is -0.124. The van der Waals surface area contributed by atoms with Crippen molar-refractivity contribution in [3.8, 4) is 0 Å². The minimum atomic E-state index is -0.555. The number of benzene rings is 1. The minimum absolute atomic E-state index is 0.174. The SMILES string of the molecule is O=C(/C=C/c1ccccc1)NCC(=O)NNC(=O)c1ccccn1. The molecule has 1 aromatic heterocycles. The molecular formula is C17H16N4O3. The van der Waals surface area contributed by atoms with E-state index in [1.807, 2.05) is 30.3 Å². The Balaban J connectivity index is 1.70. The number of hydrogen-bond donors (Lipinski definition) is 3. The molecule has 1 heterocycles. The summed E-state index contributed by atoms with van der Waals surface area (Å²) in [5, 5.41) is 2.41. The van der Waals surface area contributed by atoms with Gasteiger partial charge in [-0.25, -0.2) is 0 Å². The number of nitrogens with one attached hydrogen (secondary N) is 3. The molecule has 0 aliphatic carbocycles. The molecule has 3 N–H and O–H groups in total. The standard InChI is InChI=1S/C17H16N4O3/c22-15(10-9-13-6-2-1-3-7-13)19-12-16(23)20-21-17(24)14-8-4-5-11-18-14/h1-11H,12H2,(H,19,22)(H,20,23)(H,21,24)/b10-9+. The van der Waals surface area contributed by atoms with E-state index in [0.717, 1.165) is 5.56 Å². The van der Waals surface area contributed by atoms with Crippen LogP contribution in [-0.4, -0.2) is 29.3 Å². The number of carbonyl (C=O) groups is 3. The Morgan fingerprint density at radius 2 is 1.71 bits per heavy atom. The molecule has 3 amide bonds. The van der Waals surface area contributed by atoms with E-state index in [0.29, 0.717) is 0 Å². The third-order valence-corrected chi connectivity index (χ3v) is 2.86. The fourth-order valence-corrected chi connectivity index (χ4v) is 1.69. The van der Waals surface area contributed by atoms with Gasteiger partial charge in [0.2, 0.25) is 5.91 Å². The Morgan fingerprint density at radius 1 is 0.958 bits per heavy atom. The summed E-state index contributed by atoms with van der Waals surface area (Å²) < 4.78 is 0. The van der Waals surface area contributed by atoms with E-state index >= 15 is 0 Å². The Kier molecular flexibility index (Phi) is 6.22. The van der Waals surface area contributed by atoms with Gasteiger partial charge < -0.3 is 5.32 Å². The largest absolute Gasteiger partial charge is 0.343 e. The summed E-state index contributed by atoms with van der Waals surface area (Å²) in [5.41, 5.74) is 5.45. The molecule has 122 valence electrons. The zero-order chi connectivity index (χ0) is 17.2. The van der Waals surface area contributed by atoms with Crippen molar-refractivity contribution in [3.05, 3.63) is 72.1 Å². The van der Waals surface area contributed by atoms with Crippen molar-refractivity contribution in [2.24, 2.45) is 0 Å². The van der Waals surface area contributed by atoms with Crippen LogP contribution in [0.25, 0.3) is 6.08 Å². The predicted molar refractivity (Wildman–Crippen MR) is 88.3 cm³/mol. The van der Waals surface area contributed by atoms with Gasteiger partial charge in [-0.05, 0) is 23.8 Å². The molecule has 0 aliphatic heterocycles. The third kappa shape index (κ3) is 5.72. The highest BCUT2D eigenvalue weighted by molar-refractivity contribution is 5.96. The monoisotopic (exact) mass is 324 g/mol. The van der Waals surface area contributed by atoms with Crippen molar-refractivity contribution >= 4 is 23.8 Å². The van der Waals surface area contributed by atoms with Crippen molar-refractivity contribution < 1.29 is 14.4 Å². The van der Waals surface area contributed by atoms with Gasteiger partial charge in [-0.3, -0.25) is 30.2 Å². The van der Waals surface area contributed by atoms with Gasteiger partial charge in [0.05, 0.1) is 6.54 Å². The molecule has 0 unspecified atom stereocenters. The average Bonchev–Trinajstić information content (AvgIpc) is 2.64. The van der Waals surface area contributed by atoms with Crippen molar-refractivity contribution in [1.82, 2.24) is 21.2 Å². The van der Waals surface area contributed by atoms with Gasteiger partial charge in [0.15, 0.2) is 0 Å². The second-order valence-electron chi connectivity index (χ2n) is 4.68. The maximum absolute atomic E-state index is 11.7. The molecule has 0 spiro atoms. The van der Waals surface area contributed by atoms with Crippen LogP contribution in [0.1, 0.15) is 16.1 Å². The first kappa shape index (κ1) is 16.9. The van der Waals surface area contributed by atoms with Crippen LogP contribution in [0.4, 0.5) is 0 Å². The summed E-state index contributed by atoms with van der Waals surface area (Å²) in [6, 6.07) is 14.1. The van der Waals surface area contributed by atoms with Gasteiger partial charge in [0, 0.05) is 12.3 Å². The van der Waals surface area contributed by atoms with Crippen LogP contribution in [0, 0.1) is 0 Å². The van der Waals surface area contributed by atoms with Gasteiger partial charge in [0.25, 0.3) is 11.8 Å². The van der Waals surface area contributed by atoms with Gasteiger partial charge >= 0.3 is 0 Å². The van der Waals surface area contributed by atoms with Gasteiger partial charge in [0.1, 0.15) is 5.69 Å². The molecule has 7 heteroatoms. The Bertz CT molecular complexity index is 730. The minimum Gasteiger partial charge on any atom is -0.343 e. The molecule has 1 aromatic carbocycles. The maximum atomic E-state index is 11.7. The highest BCUT2D eigenvalue weighted by atomic mass is 16.2. The van der Waals surface area contributed by atoms with Crippen molar-refractivity contribution in [1.29, 1.82) is 0 Å². The van der Waals surface area contributed by atoms with Crippen LogP contribution in [0.15, 0.2) is 60.8 Å². The molecule has 0 saturated heterocycles. The molecule has 0 bridgehead atoms. The van der Waals surface area contributed by atoms with Crippen molar-refractivity contribution in [2.75, 3.05) is 6.54 Å². The predicted octanol–water partition coefficient (Wildman–Crippen LogP) is 0.672. The van der Waals surface area contributed by atoms with Gasteiger partial charge in [-0.15, -0.1) is 0 Å². The number of pyridine rings is 1. The highest BCUT2D eigenvalue weighted by Crippen LogP contribution is 2.00. The molecular weight excluding hydrogens is 308 g/mol. The summed E-state index contributed by atoms with van der Waals surface area (Å²) in [6.45, 7) is -0.263. The van der Waals surface area contributed by atoms with E-state index < -0.39 is 17.7 Å². The molecule has 0 atom stereocenters. The molecule has 2 aromatic rings. The summed E-state index contributed by atoms with van der Waals surface area (Å²) >= 11 is 0. The van der Waals surface area contributed by atoms with Crippen molar-refractivity contribution in [3.63, 3.8) is 0 Å². The van der Waals surface area contributed by atoms with Crippen LogP contribution >= 0.6 is 0 Å². The fourth-order valence-electron chi connectivity index (χ4n) is 1.69. The van der Waals surface area contributed by atoms with Crippen LogP contribution in [0.3, 0.4) is 0 Å². The fraction of sp³-hybridized carbons (Fsp3) is 0.0588. The van der Waals surface area contributed by atoms with Crippen LogP contribution in [-0.2, 0) is 9.59 Å². The number of hydrogen-bond acceptors (Lipinski definition) is 4. The molecule has 0 aliphatic rings. The summed E-state index contributed by atoms with van der Waals surface area (Å²) in [7, 11) is 0. The zero-order valence-electron chi connectivity index (χ0n) is 12.7. The van der Waals surface area contributed by atoms with Crippen LogP contribution in [0.2, 0.25) is 0 Å². The van der Waals surface area contributed by atoms with Gasteiger partial charge in [-0.2, -0.15) is 0 Å². The summed E-state index contributed by atoms with van der Waals surface area (Å²) in [6.07, 6.45) is 4.43. The summed E-state index contributed by atoms with van der Waals surface area (Å²) in [4.78, 5) is 38.7. The lowest BCUT2D eigenvalue weighted by Gasteiger charge is -2.07. The normalized spacial score (nSPS) is 10.2. The van der Waals surface area contributed by atoms with E-state index in [1.54, 1.807) is 18.2 Å². The zero-order valence-corrected chi connectivity index (χ0v) is 12.7. The number of rotatable bonds is 5. The third-order valence-electron chi connectivity index (χ3n) is 2.86. The summed E-state index contributed by atoms with van der Waals surface area (Å²) in [5.74, 6) is -1.51. The molecule has 0 saturated carbocycles. The molecule has 24 heavy (non-hydrogen) atoms. The number of amides is 3. The van der Waals surface area contributed by atoms with E-state index in [9.17, 15) is 14.4 Å². The number of hydrazine groups is 1. The topological polar surface area (TPSA) is 100 Å². The molecule has 0 fully saturated rings. The second-order valence-corrected chi connectivity index (χ2v) is 4.68. The van der Waals surface area contributed by atoms with E-state index in [2.05, 4.69) is 21.2 Å². The Morgan fingerprint density at radius 3 is 2.42 bits per heavy atom. The number of carbonyl (C=O) groups excluding carboxylic acids is 3. The van der Waals surface area contributed by atoms with E-state index in [4.69, 9.17) is 0 Å². The van der Waals surface area contributed by atoms with E-state index in [1.165, 1.54) is 18.3 Å². The first-order chi connectivity index (χ1) is 11.6. The van der Waals surface area contributed by atoms with E-state index in [-0.39, 0.29) is 12.2 Å². The first-order valence-corrected chi connectivity index (χ1v) is 7.16. The van der Waals surface area contributed by atoms with Crippen LogP contribution < -0.4 is 16.2 Å². The smallest absolute Gasteiger partial charge is 0.288 e. The molecule has 2 rings (SSSR count). The Labute approximate surface area is 138 Å².